The summed E-state index contributed by atoms with van der Waals surface area (Å²) in [7, 11) is 0. The van der Waals surface area contributed by atoms with Gasteiger partial charge in [-0.1, -0.05) is 0 Å². The number of nitrogens with one attached hydrogen (secondary N) is 1. The Labute approximate surface area is 125 Å². The number of thiophene rings is 1. The molecule has 2 aromatic heterocycles. The van der Waals surface area contributed by atoms with Crippen LogP contribution in [0.2, 0.25) is 5.28 Å². The zero-order valence-electron chi connectivity index (χ0n) is 10.8. The van der Waals surface area contributed by atoms with Gasteiger partial charge in [-0.25, -0.2) is 4.98 Å². The van der Waals surface area contributed by atoms with Crippen LogP contribution >= 0.6 is 34.7 Å². The molecule has 0 saturated heterocycles. The van der Waals surface area contributed by atoms with Crippen LogP contribution in [0.15, 0.2) is 11.0 Å². The monoisotopic (exact) mass is 311 g/mol. The van der Waals surface area contributed by atoms with Crippen molar-refractivity contribution in [3.05, 3.63) is 32.4 Å². The van der Waals surface area contributed by atoms with E-state index in [4.69, 9.17) is 11.6 Å². The van der Waals surface area contributed by atoms with Gasteiger partial charge in [-0.15, -0.1) is 23.1 Å². The van der Waals surface area contributed by atoms with Crippen molar-refractivity contribution in [3.63, 3.8) is 0 Å². The lowest BCUT2D eigenvalue weighted by Crippen LogP contribution is -2.03. The van der Waals surface area contributed by atoms with Crippen molar-refractivity contribution in [2.45, 2.75) is 31.7 Å². The number of halogens is 1. The van der Waals surface area contributed by atoms with Crippen molar-refractivity contribution in [2.24, 2.45) is 0 Å². The fourth-order valence-corrected chi connectivity index (χ4v) is 4.31. The molecule has 0 saturated carbocycles. The molecule has 1 aliphatic heterocycles. The number of aryl methyl sites for hydroxylation is 3. The number of hydrogen-bond acceptors (Lipinski definition) is 5. The van der Waals surface area contributed by atoms with E-state index in [1.807, 2.05) is 11.3 Å². The number of aromatic nitrogens is 2. The minimum atomic E-state index is 0.335. The van der Waals surface area contributed by atoms with Crippen LogP contribution in [0.25, 0.3) is 0 Å². The summed E-state index contributed by atoms with van der Waals surface area (Å²) in [5.74, 6) is 1.94. The van der Waals surface area contributed by atoms with E-state index in [9.17, 15) is 0 Å². The Hall–Kier alpha value is -0.780. The van der Waals surface area contributed by atoms with Crippen LogP contribution in [-0.2, 0) is 13.0 Å². The molecule has 0 aromatic carbocycles. The molecule has 100 valence electrons. The summed E-state index contributed by atoms with van der Waals surface area (Å²) in [6.45, 7) is 5.09. The summed E-state index contributed by atoms with van der Waals surface area (Å²) in [6.07, 6.45) is 0.980. The Kier molecular flexibility index (Phi) is 3.69. The Bertz CT molecular complexity index is 605. The van der Waals surface area contributed by atoms with Crippen molar-refractivity contribution in [1.82, 2.24) is 9.97 Å². The van der Waals surface area contributed by atoms with Crippen molar-refractivity contribution in [1.29, 1.82) is 0 Å². The fourth-order valence-electron chi connectivity index (χ4n) is 2.07. The first-order valence-electron chi connectivity index (χ1n) is 6.12. The Balaban J connectivity index is 1.80. The first-order chi connectivity index (χ1) is 9.13. The SMILES string of the molecule is Cc1cc(CNc2nc(Cl)nc3c2SCC3)sc1C. The molecule has 6 heteroatoms. The van der Waals surface area contributed by atoms with Crippen LogP contribution in [0.1, 0.15) is 21.0 Å². The van der Waals surface area contributed by atoms with E-state index in [1.165, 1.54) is 15.3 Å². The molecule has 0 amide bonds. The van der Waals surface area contributed by atoms with E-state index in [0.717, 1.165) is 35.1 Å². The normalized spacial score (nSPS) is 13.6. The molecule has 3 nitrogen and oxygen atoms in total. The molecule has 1 N–H and O–H groups in total. The lowest BCUT2D eigenvalue weighted by atomic mass is 10.3. The van der Waals surface area contributed by atoms with Gasteiger partial charge in [0.1, 0.15) is 5.82 Å². The molecule has 0 atom stereocenters. The summed E-state index contributed by atoms with van der Waals surface area (Å²) in [5.41, 5.74) is 2.42. The molecule has 0 bridgehead atoms. The second-order valence-electron chi connectivity index (χ2n) is 4.52. The van der Waals surface area contributed by atoms with Gasteiger partial charge >= 0.3 is 0 Å². The molecule has 0 unspecified atom stereocenters. The quantitative estimate of drug-likeness (QED) is 0.867. The molecular formula is C13H14ClN3S2. The van der Waals surface area contributed by atoms with E-state index < -0.39 is 0 Å². The predicted octanol–water partition coefficient (Wildman–Crippen LogP) is 4.07. The van der Waals surface area contributed by atoms with Crippen LogP contribution in [0.4, 0.5) is 5.82 Å². The molecule has 2 aromatic rings. The summed E-state index contributed by atoms with van der Waals surface area (Å²) in [5, 5.41) is 3.73. The zero-order valence-corrected chi connectivity index (χ0v) is 13.2. The smallest absolute Gasteiger partial charge is 0.224 e. The van der Waals surface area contributed by atoms with E-state index >= 15 is 0 Å². The summed E-state index contributed by atoms with van der Waals surface area (Å²) in [6, 6.07) is 2.23. The molecule has 0 radical (unpaired) electrons. The van der Waals surface area contributed by atoms with Gasteiger partial charge in [-0.2, -0.15) is 4.98 Å². The highest BCUT2D eigenvalue weighted by Gasteiger charge is 2.19. The predicted molar refractivity (Wildman–Crippen MR) is 82.6 cm³/mol. The third-order valence-corrected chi connectivity index (χ3v) is 5.59. The summed E-state index contributed by atoms with van der Waals surface area (Å²) >= 11 is 9.60. The number of rotatable bonds is 3. The lowest BCUT2D eigenvalue weighted by molar-refractivity contribution is 0.964. The molecular weight excluding hydrogens is 298 g/mol. The van der Waals surface area contributed by atoms with Crippen LogP contribution in [-0.4, -0.2) is 15.7 Å². The topological polar surface area (TPSA) is 37.8 Å². The maximum absolute atomic E-state index is 5.97. The van der Waals surface area contributed by atoms with E-state index in [1.54, 1.807) is 11.8 Å². The van der Waals surface area contributed by atoms with E-state index in [0.29, 0.717) is 5.28 Å². The first-order valence-corrected chi connectivity index (χ1v) is 8.30. The van der Waals surface area contributed by atoms with Gasteiger partial charge in [0.05, 0.1) is 17.1 Å². The average Bonchev–Trinajstić information content (AvgIpc) is 2.94. The third kappa shape index (κ3) is 2.73. The molecule has 0 aliphatic carbocycles. The van der Waals surface area contributed by atoms with Crippen LogP contribution in [0.3, 0.4) is 0 Å². The summed E-state index contributed by atoms with van der Waals surface area (Å²) < 4.78 is 0. The number of hydrogen-bond donors (Lipinski definition) is 1. The van der Waals surface area contributed by atoms with E-state index in [2.05, 4.69) is 35.2 Å². The Morgan fingerprint density at radius 3 is 2.95 bits per heavy atom. The van der Waals surface area contributed by atoms with Gasteiger partial charge < -0.3 is 5.32 Å². The van der Waals surface area contributed by atoms with Gasteiger partial charge in [0, 0.05) is 21.9 Å². The van der Waals surface area contributed by atoms with Gasteiger partial charge in [-0.3, -0.25) is 0 Å². The molecule has 0 fully saturated rings. The third-order valence-electron chi connectivity index (χ3n) is 3.14. The minimum Gasteiger partial charge on any atom is -0.364 e. The van der Waals surface area contributed by atoms with Crippen LogP contribution in [0.5, 0.6) is 0 Å². The van der Waals surface area contributed by atoms with Gasteiger partial charge in [0.15, 0.2) is 0 Å². The van der Waals surface area contributed by atoms with Crippen molar-refractivity contribution in [2.75, 3.05) is 11.1 Å². The minimum absolute atomic E-state index is 0.335. The largest absolute Gasteiger partial charge is 0.364 e. The second-order valence-corrected chi connectivity index (χ2v) is 7.31. The maximum Gasteiger partial charge on any atom is 0.224 e. The van der Waals surface area contributed by atoms with E-state index in [-0.39, 0.29) is 0 Å². The molecule has 1 aliphatic rings. The average molecular weight is 312 g/mol. The Morgan fingerprint density at radius 1 is 1.37 bits per heavy atom. The lowest BCUT2D eigenvalue weighted by Gasteiger charge is -2.08. The van der Waals surface area contributed by atoms with Crippen molar-refractivity contribution >= 4 is 40.5 Å². The number of thioether (sulfide) groups is 1. The number of anilines is 1. The molecule has 3 rings (SSSR count). The van der Waals surface area contributed by atoms with Crippen molar-refractivity contribution < 1.29 is 0 Å². The van der Waals surface area contributed by atoms with Crippen LogP contribution < -0.4 is 5.32 Å². The number of nitrogens with zero attached hydrogens (tertiary/aromatic N) is 2. The second kappa shape index (κ2) is 5.31. The highest BCUT2D eigenvalue weighted by atomic mass is 35.5. The van der Waals surface area contributed by atoms with Crippen molar-refractivity contribution in [3.8, 4) is 0 Å². The standard InChI is InChI=1S/C13H14ClN3S2/c1-7-5-9(19-8(7)2)6-15-12-11-10(3-4-18-11)16-13(14)17-12/h5H,3-4,6H2,1-2H3,(H,15,16,17). The van der Waals surface area contributed by atoms with Gasteiger partial charge in [0.2, 0.25) is 5.28 Å². The summed E-state index contributed by atoms with van der Waals surface area (Å²) in [4.78, 5) is 12.5. The Morgan fingerprint density at radius 2 is 2.21 bits per heavy atom. The fraction of sp³-hybridized carbons (Fsp3) is 0.385. The highest BCUT2D eigenvalue weighted by molar-refractivity contribution is 7.99. The number of fused-ring (bicyclic) bond motifs is 1. The van der Waals surface area contributed by atoms with Gasteiger partial charge in [0.25, 0.3) is 0 Å². The highest BCUT2D eigenvalue weighted by Crippen LogP contribution is 2.36. The first kappa shape index (κ1) is 13.2. The molecule has 0 spiro atoms. The zero-order chi connectivity index (χ0) is 13.4. The maximum atomic E-state index is 5.97. The van der Waals surface area contributed by atoms with Crippen LogP contribution in [0, 0.1) is 13.8 Å². The molecule has 19 heavy (non-hydrogen) atoms. The molecule has 3 heterocycles. The van der Waals surface area contributed by atoms with Gasteiger partial charge in [-0.05, 0) is 37.1 Å².